The normalized spacial score (nSPS) is 11.9. The number of amides is 2. The van der Waals surface area contributed by atoms with Crippen LogP contribution in [0, 0.1) is 0 Å². The van der Waals surface area contributed by atoms with Crippen LogP contribution in [-0.4, -0.2) is 36.1 Å². The maximum Gasteiger partial charge on any atom is 0.286 e. The molecule has 1 aromatic rings. The molecule has 0 spiro atoms. The zero-order valence-corrected chi connectivity index (χ0v) is 11.0. The van der Waals surface area contributed by atoms with E-state index in [2.05, 4.69) is 10.6 Å². The lowest BCUT2D eigenvalue weighted by molar-refractivity contribution is -0.122. The minimum atomic E-state index is -0.285. The second-order valence-electron chi connectivity index (χ2n) is 4.19. The second kappa shape index (κ2) is 8.31. The van der Waals surface area contributed by atoms with Crippen molar-refractivity contribution in [1.29, 1.82) is 0 Å². The molecule has 2 amide bonds. The third kappa shape index (κ3) is 5.56. The zero-order chi connectivity index (χ0) is 14.1. The lowest BCUT2D eigenvalue weighted by Crippen LogP contribution is -2.37. The lowest BCUT2D eigenvalue weighted by atomic mass is 10.2. The molecular formula is C13H20N2O4. The van der Waals surface area contributed by atoms with Gasteiger partial charge in [0.1, 0.15) is 0 Å². The van der Waals surface area contributed by atoms with Crippen molar-refractivity contribution in [2.75, 3.05) is 13.2 Å². The molecule has 1 aromatic heterocycles. The summed E-state index contributed by atoms with van der Waals surface area (Å²) in [6.45, 7) is 2.24. The molecule has 1 atom stereocenters. The Morgan fingerprint density at radius 3 is 2.84 bits per heavy atom. The number of furan rings is 1. The molecule has 0 bridgehead atoms. The van der Waals surface area contributed by atoms with E-state index in [0.29, 0.717) is 25.8 Å². The summed E-state index contributed by atoms with van der Waals surface area (Å²) < 4.78 is 4.94. The van der Waals surface area contributed by atoms with E-state index in [4.69, 9.17) is 9.52 Å². The van der Waals surface area contributed by atoms with E-state index in [1.807, 2.05) is 6.92 Å². The van der Waals surface area contributed by atoms with Crippen molar-refractivity contribution in [3.63, 3.8) is 0 Å². The average molecular weight is 268 g/mol. The van der Waals surface area contributed by atoms with E-state index in [-0.39, 0.29) is 30.2 Å². The molecule has 3 N–H and O–H groups in total. The molecule has 0 saturated heterocycles. The van der Waals surface area contributed by atoms with Crippen LogP contribution in [0.4, 0.5) is 0 Å². The summed E-state index contributed by atoms with van der Waals surface area (Å²) in [5.41, 5.74) is 0. The van der Waals surface area contributed by atoms with Gasteiger partial charge in [0.2, 0.25) is 5.91 Å². The van der Waals surface area contributed by atoms with Gasteiger partial charge < -0.3 is 20.2 Å². The Balaban J connectivity index is 2.13. The van der Waals surface area contributed by atoms with Crippen molar-refractivity contribution in [2.24, 2.45) is 0 Å². The van der Waals surface area contributed by atoms with Crippen LogP contribution in [0.15, 0.2) is 22.8 Å². The molecule has 0 aromatic carbocycles. The van der Waals surface area contributed by atoms with Crippen molar-refractivity contribution >= 4 is 11.8 Å². The fourth-order valence-electron chi connectivity index (χ4n) is 1.52. The maximum atomic E-state index is 11.5. The molecule has 0 saturated carbocycles. The van der Waals surface area contributed by atoms with Gasteiger partial charge in [-0.1, -0.05) is 6.92 Å². The number of hydrogen-bond acceptors (Lipinski definition) is 4. The Morgan fingerprint density at radius 2 is 2.26 bits per heavy atom. The predicted octanol–water partition coefficient (Wildman–Crippen LogP) is 0.677. The third-order valence-electron chi connectivity index (χ3n) is 2.69. The maximum absolute atomic E-state index is 11.5. The van der Waals surface area contributed by atoms with E-state index in [1.165, 1.54) is 6.26 Å². The first-order chi connectivity index (χ1) is 9.17. The summed E-state index contributed by atoms with van der Waals surface area (Å²) in [4.78, 5) is 23.0. The molecule has 1 heterocycles. The SMILES string of the molecule is CC[C@@H](CO)NC(=O)CCCNC(=O)c1ccco1. The van der Waals surface area contributed by atoms with Crippen molar-refractivity contribution in [3.8, 4) is 0 Å². The topological polar surface area (TPSA) is 91.6 Å². The largest absolute Gasteiger partial charge is 0.459 e. The molecular weight excluding hydrogens is 248 g/mol. The van der Waals surface area contributed by atoms with Gasteiger partial charge in [0.05, 0.1) is 18.9 Å². The molecule has 0 unspecified atom stereocenters. The molecule has 0 aliphatic rings. The predicted molar refractivity (Wildman–Crippen MR) is 69.6 cm³/mol. The van der Waals surface area contributed by atoms with Crippen molar-refractivity contribution in [1.82, 2.24) is 10.6 Å². The van der Waals surface area contributed by atoms with Gasteiger partial charge in [-0.05, 0) is 25.0 Å². The highest BCUT2D eigenvalue weighted by Gasteiger charge is 2.10. The summed E-state index contributed by atoms with van der Waals surface area (Å²) in [5, 5.41) is 14.3. The van der Waals surface area contributed by atoms with Gasteiger partial charge >= 0.3 is 0 Å². The summed E-state index contributed by atoms with van der Waals surface area (Å²) in [6.07, 6.45) is 2.98. The van der Waals surface area contributed by atoms with Crippen molar-refractivity contribution in [2.45, 2.75) is 32.2 Å². The fraction of sp³-hybridized carbons (Fsp3) is 0.538. The first-order valence-electron chi connectivity index (χ1n) is 6.39. The highest BCUT2D eigenvalue weighted by Crippen LogP contribution is 1.99. The number of aliphatic hydroxyl groups is 1. The molecule has 0 radical (unpaired) electrons. The highest BCUT2D eigenvalue weighted by atomic mass is 16.3. The zero-order valence-electron chi connectivity index (χ0n) is 11.0. The standard InChI is InChI=1S/C13H20N2O4/c1-2-10(9-16)15-12(17)6-3-7-14-13(18)11-5-4-8-19-11/h4-5,8,10,16H,2-3,6-7,9H2,1H3,(H,14,18)(H,15,17)/t10-/m0/s1. The Labute approximate surface area is 112 Å². The minimum absolute atomic E-state index is 0.0581. The summed E-state index contributed by atoms with van der Waals surface area (Å²) in [6, 6.07) is 3.03. The molecule has 6 heteroatoms. The quantitative estimate of drug-likeness (QED) is 0.604. The highest BCUT2D eigenvalue weighted by molar-refractivity contribution is 5.91. The smallest absolute Gasteiger partial charge is 0.286 e. The van der Waals surface area contributed by atoms with Gasteiger partial charge in [-0.2, -0.15) is 0 Å². The van der Waals surface area contributed by atoms with Crippen LogP contribution in [0.25, 0.3) is 0 Å². The average Bonchev–Trinajstić information content (AvgIpc) is 2.94. The van der Waals surface area contributed by atoms with Gasteiger partial charge in [0.15, 0.2) is 5.76 Å². The van der Waals surface area contributed by atoms with Crippen LogP contribution in [0.5, 0.6) is 0 Å². The van der Waals surface area contributed by atoms with Crippen LogP contribution in [0.1, 0.15) is 36.7 Å². The second-order valence-corrected chi connectivity index (χ2v) is 4.19. The number of carbonyl (C=O) groups excluding carboxylic acids is 2. The summed E-state index contributed by atoms with van der Waals surface area (Å²) in [7, 11) is 0. The Hall–Kier alpha value is -1.82. The number of rotatable bonds is 8. The first-order valence-corrected chi connectivity index (χ1v) is 6.39. The van der Waals surface area contributed by atoms with Crippen LogP contribution in [0.2, 0.25) is 0 Å². The molecule has 1 rings (SSSR count). The first kappa shape index (κ1) is 15.2. The van der Waals surface area contributed by atoms with Gasteiger partial charge in [-0.15, -0.1) is 0 Å². The van der Waals surface area contributed by atoms with Gasteiger partial charge in [-0.3, -0.25) is 9.59 Å². The fourth-order valence-corrected chi connectivity index (χ4v) is 1.52. The Bertz CT molecular complexity index is 385. The molecule has 106 valence electrons. The summed E-state index contributed by atoms with van der Waals surface area (Å²) >= 11 is 0. The Kier molecular flexibility index (Phi) is 6.67. The Morgan fingerprint density at radius 1 is 1.47 bits per heavy atom. The van der Waals surface area contributed by atoms with Crippen molar-refractivity contribution in [3.05, 3.63) is 24.2 Å². The molecule has 0 aliphatic heterocycles. The number of nitrogens with one attached hydrogen (secondary N) is 2. The number of hydrogen-bond donors (Lipinski definition) is 3. The number of carbonyl (C=O) groups is 2. The van der Waals surface area contributed by atoms with Gasteiger partial charge in [0, 0.05) is 13.0 Å². The molecule has 6 nitrogen and oxygen atoms in total. The summed E-state index contributed by atoms with van der Waals surface area (Å²) in [5.74, 6) is -0.142. The van der Waals surface area contributed by atoms with Crippen molar-refractivity contribution < 1.29 is 19.1 Å². The molecule has 19 heavy (non-hydrogen) atoms. The molecule has 0 aliphatic carbocycles. The van der Waals surface area contributed by atoms with E-state index < -0.39 is 0 Å². The van der Waals surface area contributed by atoms with Crippen LogP contribution in [-0.2, 0) is 4.79 Å². The van der Waals surface area contributed by atoms with E-state index in [9.17, 15) is 9.59 Å². The van der Waals surface area contributed by atoms with E-state index >= 15 is 0 Å². The number of aliphatic hydroxyl groups excluding tert-OH is 1. The van der Waals surface area contributed by atoms with E-state index in [1.54, 1.807) is 12.1 Å². The van der Waals surface area contributed by atoms with Gasteiger partial charge in [-0.25, -0.2) is 0 Å². The third-order valence-corrected chi connectivity index (χ3v) is 2.69. The van der Waals surface area contributed by atoms with Crippen LogP contribution < -0.4 is 10.6 Å². The van der Waals surface area contributed by atoms with Gasteiger partial charge in [0.25, 0.3) is 5.91 Å². The molecule has 0 fully saturated rings. The lowest BCUT2D eigenvalue weighted by Gasteiger charge is -2.13. The minimum Gasteiger partial charge on any atom is -0.459 e. The van der Waals surface area contributed by atoms with Crippen LogP contribution >= 0.6 is 0 Å². The van der Waals surface area contributed by atoms with E-state index in [0.717, 1.165) is 0 Å². The monoisotopic (exact) mass is 268 g/mol. The van der Waals surface area contributed by atoms with Crippen LogP contribution in [0.3, 0.4) is 0 Å².